The number of sulfonamides is 1. The second-order valence-corrected chi connectivity index (χ2v) is 7.53. The van der Waals surface area contributed by atoms with Crippen molar-refractivity contribution in [3.8, 4) is 0 Å². The summed E-state index contributed by atoms with van der Waals surface area (Å²) in [4.78, 5) is 10.7. The van der Waals surface area contributed by atoms with Crippen molar-refractivity contribution in [2.75, 3.05) is 30.8 Å². The molecular formula is C13H20N6O2S. The number of aromatic nitrogens is 4. The van der Waals surface area contributed by atoms with E-state index in [1.165, 1.54) is 6.26 Å². The molecule has 1 fully saturated rings. The van der Waals surface area contributed by atoms with E-state index in [2.05, 4.69) is 24.7 Å². The first-order chi connectivity index (χ1) is 10.5. The first kappa shape index (κ1) is 15.2. The van der Waals surface area contributed by atoms with Gasteiger partial charge in [-0.25, -0.2) is 27.6 Å². The lowest BCUT2D eigenvalue weighted by molar-refractivity contribution is 0.381. The molecule has 0 bridgehead atoms. The molecule has 0 aromatic carbocycles. The molecule has 3 rings (SSSR count). The van der Waals surface area contributed by atoms with Crippen LogP contribution in [0, 0.1) is 5.92 Å². The maximum absolute atomic E-state index is 11.1. The van der Waals surface area contributed by atoms with Crippen LogP contribution >= 0.6 is 0 Å². The maximum atomic E-state index is 11.1. The normalized spacial score (nSPS) is 17.2. The van der Waals surface area contributed by atoms with Gasteiger partial charge in [0.2, 0.25) is 10.0 Å². The Kier molecular flexibility index (Phi) is 4.25. The van der Waals surface area contributed by atoms with Gasteiger partial charge in [0.1, 0.15) is 18.2 Å². The van der Waals surface area contributed by atoms with Gasteiger partial charge in [0.15, 0.2) is 5.82 Å². The van der Waals surface area contributed by atoms with Crippen LogP contribution in [0.1, 0.15) is 19.3 Å². The van der Waals surface area contributed by atoms with Crippen LogP contribution in [-0.4, -0.2) is 53.9 Å². The Bertz CT molecular complexity index is 736. The van der Waals surface area contributed by atoms with Gasteiger partial charge in [0.25, 0.3) is 0 Å². The third-order valence-corrected chi connectivity index (χ3v) is 4.76. The van der Waals surface area contributed by atoms with Crippen molar-refractivity contribution in [2.45, 2.75) is 19.3 Å². The van der Waals surface area contributed by atoms with Crippen LogP contribution in [0.3, 0.4) is 0 Å². The Hall–Kier alpha value is -1.74. The summed E-state index contributed by atoms with van der Waals surface area (Å²) < 4.78 is 26.4. The number of fused-ring (bicyclic) bond motifs is 1. The molecule has 1 aliphatic rings. The SMILES string of the molecule is CS(=O)(=O)NCCC1CCN(c2ncnn3cncc23)CC1. The molecule has 9 heteroatoms. The lowest BCUT2D eigenvalue weighted by Crippen LogP contribution is -2.36. The standard InChI is InChI=1S/C13H20N6O2S/c1-22(20,21)17-5-2-11-3-6-18(7-4-11)13-12-8-14-10-19(12)16-9-15-13/h8-11,17H,2-7H2,1H3. The van der Waals surface area contributed by atoms with Crippen LogP contribution in [0.25, 0.3) is 5.52 Å². The number of nitrogens with zero attached hydrogens (tertiary/aromatic N) is 5. The summed E-state index contributed by atoms with van der Waals surface area (Å²) in [6.07, 6.45) is 9.15. The van der Waals surface area contributed by atoms with Gasteiger partial charge >= 0.3 is 0 Å². The van der Waals surface area contributed by atoms with Crippen molar-refractivity contribution < 1.29 is 8.42 Å². The van der Waals surface area contributed by atoms with Gasteiger partial charge in [-0.2, -0.15) is 5.10 Å². The number of rotatable bonds is 5. The molecule has 0 atom stereocenters. The van der Waals surface area contributed by atoms with E-state index in [-0.39, 0.29) is 0 Å². The highest BCUT2D eigenvalue weighted by Gasteiger charge is 2.22. The second kappa shape index (κ2) is 6.17. The minimum absolute atomic E-state index is 0.518. The first-order valence-electron chi connectivity index (χ1n) is 7.36. The molecule has 2 aromatic heterocycles. The molecule has 0 aliphatic carbocycles. The number of anilines is 1. The summed E-state index contributed by atoms with van der Waals surface area (Å²) in [5, 5.41) is 4.13. The first-order valence-corrected chi connectivity index (χ1v) is 9.25. The predicted molar refractivity (Wildman–Crippen MR) is 83.2 cm³/mol. The Morgan fingerprint density at radius 2 is 2.14 bits per heavy atom. The van der Waals surface area contributed by atoms with E-state index in [1.807, 2.05) is 0 Å². The highest BCUT2D eigenvalue weighted by Crippen LogP contribution is 2.25. The average Bonchev–Trinajstić information content (AvgIpc) is 2.95. The van der Waals surface area contributed by atoms with E-state index in [4.69, 9.17) is 0 Å². The second-order valence-electron chi connectivity index (χ2n) is 5.69. The summed E-state index contributed by atoms with van der Waals surface area (Å²) in [6, 6.07) is 0. The van der Waals surface area contributed by atoms with Crippen LogP contribution in [0.4, 0.5) is 5.82 Å². The molecule has 0 spiro atoms. The smallest absolute Gasteiger partial charge is 0.208 e. The predicted octanol–water partition coefficient (Wildman–Crippen LogP) is 0.280. The van der Waals surface area contributed by atoms with Crippen LogP contribution in [0.2, 0.25) is 0 Å². The molecule has 1 N–H and O–H groups in total. The molecule has 0 amide bonds. The highest BCUT2D eigenvalue weighted by molar-refractivity contribution is 7.88. The largest absolute Gasteiger partial charge is 0.355 e. The molecule has 0 unspecified atom stereocenters. The molecular weight excluding hydrogens is 304 g/mol. The summed E-state index contributed by atoms with van der Waals surface area (Å²) in [6.45, 7) is 2.35. The Labute approximate surface area is 129 Å². The Morgan fingerprint density at radius 1 is 1.36 bits per heavy atom. The fourth-order valence-electron chi connectivity index (χ4n) is 2.87. The third kappa shape index (κ3) is 3.53. The molecule has 0 radical (unpaired) electrons. The summed E-state index contributed by atoms with van der Waals surface area (Å²) in [5.41, 5.74) is 0.916. The van der Waals surface area contributed by atoms with Gasteiger partial charge in [0.05, 0.1) is 12.5 Å². The lowest BCUT2D eigenvalue weighted by Gasteiger charge is -2.32. The number of nitrogens with one attached hydrogen (secondary N) is 1. The molecule has 8 nitrogen and oxygen atoms in total. The number of piperidine rings is 1. The van der Waals surface area contributed by atoms with Crippen molar-refractivity contribution in [2.24, 2.45) is 5.92 Å². The van der Waals surface area contributed by atoms with Gasteiger partial charge < -0.3 is 4.90 Å². The van der Waals surface area contributed by atoms with Gasteiger partial charge in [-0.1, -0.05) is 0 Å². The van der Waals surface area contributed by atoms with Gasteiger partial charge in [-0.3, -0.25) is 0 Å². The molecule has 3 heterocycles. The van der Waals surface area contributed by atoms with Gasteiger partial charge in [-0.15, -0.1) is 0 Å². The molecule has 120 valence electrons. The topological polar surface area (TPSA) is 92.5 Å². The number of hydrogen-bond donors (Lipinski definition) is 1. The zero-order valence-electron chi connectivity index (χ0n) is 12.5. The summed E-state index contributed by atoms with van der Waals surface area (Å²) in [5.74, 6) is 1.47. The van der Waals surface area contributed by atoms with Gasteiger partial charge in [0, 0.05) is 19.6 Å². The van der Waals surface area contributed by atoms with Crippen molar-refractivity contribution >= 4 is 21.4 Å². The monoisotopic (exact) mass is 324 g/mol. The summed E-state index contributed by atoms with van der Waals surface area (Å²) >= 11 is 0. The van der Waals surface area contributed by atoms with E-state index < -0.39 is 10.0 Å². The van der Waals surface area contributed by atoms with E-state index in [0.29, 0.717) is 12.5 Å². The zero-order chi connectivity index (χ0) is 15.6. The lowest BCUT2D eigenvalue weighted by atomic mass is 9.93. The van der Waals surface area contributed by atoms with Crippen molar-refractivity contribution in [3.05, 3.63) is 18.9 Å². The average molecular weight is 324 g/mol. The quantitative estimate of drug-likeness (QED) is 0.849. The third-order valence-electron chi connectivity index (χ3n) is 4.04. The summed E-state index contributed by atoms with van der Waals surface area (Å²) in [7, 11) is -3.08. The van der Waals surface area contributed by atoms with Crippen LogP contribution in [0.5, 0.6) is 0 Å². The molecule has 22 heavy (non-hydrogen) atoms. The minimum atomic E-state index is -3.08. The van der Waals surface area contributed by atoms with E-state index >= 15 is 0 Å². The van der Waals surface area contributed by atoms with Crippen molar-refractivity contribution in [3.63, 3.8) is 0 Å². The van der Waals surface area contributed by atoms with E-state index in [9.17, 15) is 8.42 Å². The van der Waals surface area contributed by atoms with Gasteiger partial charge in [-0.05, 0) is 25.2 Å². The van der Waals surface area contributed by atoms with Crippen molar-refractivity contribution in [1.82, 2.24) is 24.3 Å². The number of hydrogen-bond acceptors (Lipinski definition) is 6. The minimum Gasteiger partial charge on any atom is -0.355 e. The van der Waals surface area contributed by atoms with Crippen molar-refractivity contribution in [1.29, 1.82) is 0 Å². The highest BCUT2D eigenvalue weighted by atomic mass is 32.2. The van der Waals surface area contributed by atoms with E-state index in [1.54, 1.807) is 23.4 Å². The Morgan fingerprint density at radius 3 is 2.86 bits per heavy atom. The van der Waals surface area contributed by atoms with Crippen LogP contribution in [-0.2, 0) is 10.0 Å². The number of imidazole rings is 1. The zero-order valence-corrected chi connectivity index (χ0v) is 13.3. The van der Waals surface area contributed by atoms with Crippen LogP contribution in [0.15, 0.2) is 18.9 Å². The Balaban J connectivity index is 1.57. The molecule has 1 aliphatic heterocycles. The fourth-order valence-corrected chi connectivity index (χ4v) is 3.36. The molecule has 2 aromatic rings. The molecule has 0 saturated carbocycles. The fraction of sp³-hybridized carbons (Fsp3) is 0.615. The van der Waals surface area contributed by atoms with E-state index in [0.717, 1.165) is 43.7 Å². The maximum Gasteiger partial charge on any atom is 0.208 e. The molecule has 1 saturated heterocycles. The van der Waals surface area contributed by atoms with Crippen LogP contribution < -0.4 is 9.62 Å².